The van der Waals surface area contributed by atoms with E-state index in [2.05, 4.69) is 35.9 Å². The van der Waals surface area contributed by atoms with Gasteiger partial charge < -0.3 is 9.88 Å². The summed E-state index contributed by atoms with van der Waals surface area (Å²) in [5.41, 5.74) is 2.06. The molecule has 0 saturated heterocycles. The zero-order valence-corrected chi connectivity index (χ0v) is 15.4. The number of carbonyl (C=O) groups is 1. The van der Waals surface area contributed by atoms with Gasteiger partial charge in [-0.3, -0.25) is 4.79 Å². The summed E-state index contributed by atoms with van der Waals surface area (Å²) < 4.78 is 1.94. The van der Waals surface area contributed by atoms with Crippen molar-refractivity contribution in [2.75, 3.05) is 5.32 Å². The molecular formula is C18H24N4OS. The van der Waals surface area contributed by atoms with Crippen molar-refractivity contribution < 1.29 is 4.79 Å². The Morgan fingerprint density at radius 1 is 1.29 bits per heavy atom. The van der Waals surface area contributed by atoms with Crippen LogP contribution in [0.1, 0.15) is 38.1 Å². The molecule has 1 aromatic heterocycles. The Morgan fingerprint density at radius 2 is 1.96 bits per heavy atom. The van der Waals surface area contributed by atoms with Crippen molar-refractivity contribution >= 4 is 23.4 Å². The highest BCUT2D eigenvalue weighted by Crippen LogP contribution is 2.24. The Morgan fingerprint density at radius 3 is 2.54 bits per heavy atom. The molecule has 0 fully saturated rings. The first-order chi connectivity index (χ1) is 11.4. The molecule has 2 rings (SSSR count). The minimum Gasteiger partial charge on any atom is -0.325 e. The first-order valence-electron chi connectivity index (χ1n) is 8.00. The zero-order chi connectivity index (χ0) is 17.7. The fourth-order valence-electron chi connectivity index (χ4n) is 2.19. The van der Waals surface area contributed by atoms with Crippen LogP contribution in [0.25, 0.3) is 0 Å². The lowest BCUT2D eigenvalue weighted by Crippen LogP contribution is -2.23. The summed E-state index contributed by atoms with van der Waals surface area (Å²) in [7, 11) is 0. The summed E-state index contributed by atoms with van der Waals surface area (Å²) in [6, 6.07) is 7.97. The van der Waals surface area contributed by atoms with E-state index in [1.54, 1.807) is 6.08 Å². The Labute approximate surface area is 147 Å². The van der Waals surface area contributed by atoms with Gasteiger partial charge in [0.25, 0.3) is 0 Å². The van der Waals surface area contributed by atoms with Crippen molar-refractivity contribution in [1.29, 1.82) is 0 Å². The maximum Gasteiger partial charge on any atom is 0.237 e. The SMILES string of the molecule is C=CCn1c(C)nnc1SC(C)C(=O)Nc1ccc(C(C)C)cc1. The topological polar surface area (TPSA) is 59.8 Å². The molecule has 2 aromatic rings. The van der Waals surface area contributed by atoms with Crippen LogP contribution >= 0.6 is 11.8 Å². The molecule has 0 saturated carbocycles. The molecule has 5 nitrogen and oxygen atoms in total. The van der Waals surface area contributed by atoms with E-state index in [1.807, 2.05) is 42.7 Å². The summed E-state index contributed by atoms with van der Waals surface area (Å²) >= 11 is 1.40. The minimum atomic E-state index is -0.276. The van der Waals surface area contributed by atoms with Gasteiger partial charge in [0.15, 0.2) is 5.16 Å². The molecule has 24 heavy (non-hydrogen) atoms. The number of hydrogen-bond acceptors (Lipinski definition) is 4. The molecule has 1 unspecified atom stereocenters. The van der Waals surface area contributed by atoms with Crippen LogP contribution in [0.2, 0.25) is 0 Å². The number of amides is 1. The summed E-state index contributed by atoms with van der Waals surface area (Å²) in [6.45, 7) is 12.4. The number of benzene rings is 1. The molecule has 1 aromatic carbocycles. The highest BCUT2D eigenvalue weighted by atomic mass is 32.2. The van der Waals surface area contributed by atoms with Crippen molar-refractivity contribution in [3.8, 4) is 0 Å². The van der Waals surface area contributed by atoms with Crippen LogP contribution in [0.15, 0.2) is 42.1 Å². The number of aryl methyl sites for hydroxylation is 1. The second-order valence-corrected chi connectivity index (χ2v) is 7.26. The van der Waals surface area contributed by atoms with Crippen molar-refractivity contribution in [2.24, 2.45) is 0 Å². The zero-order valence-electron chi connectivity index (χ0n) is 14.6. The standard InChI is InChI=1S/C18H24N4OS/c1-6-11-22-14(5)20-21-18(22)24-13(4)17(23)19-16-9-7-15(8-10-16)12(2)3/h6-10,12-13H,1,11H2,2-5H3,(H,19,23). The van der Waals surface area contributed by atoms with E-state index in [0.29, 0.717) is 12.5 Å². The number of nitrogens with one attached hydrogen (secondary N) is 1. The van der Waals surface area contributed by atoms with Gasteiger partial charge >= 0.3 is 0 Å². The van der Waals surface area contributed by atoms with Crippen molar-refractivity contribution in [1.82, 2.24) is 14.8 Å². The summed E-state index contributed by atoms with van der Waals surface area (Å²) in [6.07, 6.45) is 1.79. The van der Waals surface area contributed by atoms with Crippen molar-refractivity contribution in [2.45, 2.75) is 50.6 Å². The third-order valence-corrected chi connectivity index (χ3v) is 4.79. The van der Waals surface area contributed by atoms with E-state index in [9.17, 15) is 4.79 Å². The predicted octanol–water partition coefficient (Wildman–Crippen LogP) is 4.02. The fourth-order valence-corrected chi connectivity index (χ4v) is 3.10. The average Bonchev–Trinajstić information content (AvgIpc) is 2.89. The van der Waals surface area contributed by atoms with Crippen LogP contribution in [-0.4, -0.2) is 25.9 Å². The van der Waals surface area contributed by atoms with E-state index in [0.717, 1.165) is 16.7 Å². The van der Waals surface area contributed by atoms with Gasteiger partial charge in [0.1, 0.15) is 5.82 Å². The quantitative estimate of drug-likeness (QED) is 0.609. The number of anilines is 1. The number of allylic oxidation sites excluding steroid dienone is 1. The van der Waals surface area contributed by atoms with Crippen LogP contribution in [0.3, 0.4) is 0 Å². The highest BCUT2D eigenvalue weighted by Gasteiger charge is 2.19. The summed E-state index contributed by atoms with van der Waals surface area (Å²) in [5.74, 6) is 1.24. The van der Waals surface area contributed by atoms with Crippen molar-refractivity contribution in [3.05, 3.63) is 48.3 Å². The van der Waals surface area contributed by atoms with Gasteiger partial charge in [-0.05, 0) is 37.5 Å². The average molecular weight is 344 g/mol. The maximum absolute atomic E-state index is 12.4. The number of hydrogen-bond donors (Lipinski definition) is 1. The van der Waals surface area contributed by atoms with Gasteiger partial charge in [-0.2, -0.15) is 0 Å². The normalized spacial score (nSPS) is 12.2. The molecule has 0 aliphatic heterocycles. The molecule has 1 atom stereocenters. The third kappa shape index (κ3) is 4.47. The van der Waals surface area contributed by atoms with E-state index < -0.39 is 0 Å². The predicted molar refractivity (Wildman–Crippen MR) is 99.4 cm³/mol. The molecule has 0 bridgehead atoms. The number of rotatable bonds is 7. The number of nitrogens with zero attached hydrogens (tertiary/aromatic N) is 3. The third-order valence-electron chi connectivity index (χ3n) is 3.71. The molecule has 1 heterocycles. The van der Waals surface area contributed by atoms with Crippen LogP contribution in [0, 0.1) is 6.92 Å². The second kappa shape index (κ2) is 8.15. The molecular weight excluding hydrogens is 320 g/mol. The fraction of sp³-hybridized carbons (Fsp3) is 0.389. The summed E-state index contributed by atoms with van der Waals surface area (Å²) in [4.78, 5) is 12.4. The first kappa shape index (κ1) is 18.3. The molecule has 0 radical (unpaired) electrons. The lowest BCUT2D eigenvalue weighted by atomic mass is 10.0. The second-order valence-electron chi connectivity index (χ2n) is 5.96. The van der Waals surface area contributed by atoms with Gasteiger partial charge in [-0.25, -0.2) is 0 Å². The molecule has 6 heteroatoms. The van der Waals surface area contributed by atoms with Crippen LogP contribution < -0.4 is 5.32 Å². The highest BCUT2D eigenvalue weighted by molar-refractivity contribution is 8.00. The van der Waals surface area contributed by atoms with E-state index in [4.69, 9.17) is 0 Å². The lowest BCUT2D eigenvalue weighted by molar-refractivity contribution is -0.115. The Bertz CT molecular complexity index is 706. The lowest BCUT2D eigenvalue weighted by Gasteiger charge is -2.13. The smallest absolute Gasteiger partial charge is 0.237 e. The van der Waals surface area contributed by atoms with Gasteiger partial charge in [-0.15, -0.1) is 16.8 Å². The minimum absolute atomic E-state index is 0.0527. The first-order valence-corrected chi connectivity index (χ1v) is 8.88. The molecule has 1 amide bonds. The molecule has 128 valence electrons. The van der Waals surface area contributed by atoms with Crippen LogP contribution in [0.5, 0.6) is 0 Å². The number of thioether (sulfide) groups is 1. The largest absolute Gasteiger partial charge is 0.325 e. The molecule has 1 N–H and O–H groups in total. The summed E-state index contributed by atoms with van der Waals surface area (Å²) in [5, 5.41) is 11.6. The Balaban J connectivity index is 2.00. The Kier molecular flexibility index (Phi) is 6.20. The van der Waals surface area contributed by atoms with E-state index in [1.165, 1.54) is 17.3 Å². The van der Waals surface area contributed by atoms with Gasteiger partial charge in [0, 0.05) is 12.2 Å². The number of aromatic nitrogens is 3. The van der Waals surface area contributed by atoms with Gasteiger partial charge in [0.05, 0.1) is 5.25 Å². The van der Waals surface area contributed by atoms with Gasteiger partial charge in [-0.1, -0.05) is 43.8 Å². The van der Waals surface area contributed by atoms with E-state index >= 15 is 0 Å². The molecule has 0 aliphatic carbocycles. The van der Waals surface area contributed by atoms with Gasteiger partial charge in [0.2, 0.25) is 5.91 Å². The van der Waals surface area contributed by atoms with Crippen molar-refractivity contribution in [3.63, 3.8) is 0 Å². The number of carbonyl (C=O) groups excluding carboxylic acids is 1. The molecule has 0 aliphatic rings. The maximum atomic E-state index is 12.4. The monoisotopic (exact) mass is 344 g/mol. The Hall–Kier alpha value is -2.08. The molecule has 0 spiro atoms. The van der Waals surface area contributed by atoms with Crippen LogP contribution in [0.4, 0.5) is 5.69 Å². The van der Waals surface area contributed by atoms with Crippen LogP contribution in [-0.2, 0) is 11.3 Å². The van der Waals surface area contributed by atoms with E-state index in [-0.39, 0.29) is 11.2 Å².